The van der Waals surface area contributed by atoms with Crippen molar-refractivity contribution in [3.63, 3.8) is 0 Å². The van der Waals surface area contributed by atoms with E-state index in [1.807, 2.05) is 19.1 Å². The van der Waals surface area contributed by atoms with E-state index in [0.717, 1.165) is 18.4 Å². The molecule has 0 amide bonds. The Hall–Kier alpha value is -1.81. The van der Waals surface area contributed by atoms with E-state index in [1.165, 1.54) is 16.7 Å². The van der Waals surface area contributed by atoms with Crippen molar-refractivity contribution in [2.45, 2.75) is 33.9 Å². The van der Waals surface area contributed by atoms with Crippen LogP contribution in [0.4, 0.5) is 5.69 Å². The van der Waals surface area contributed by atoms with Crippen molar-refractivity contribution < 1.29 is 8.42 Å². The lowest BCUT2D eigenvalue weighted by molar-refractivity contribution is 0.606. The number of hydrogen-bond acceptors (Lipinski definition) is 3. The van der Waals surface area contributed by atoms with E-state index in [2.05, 4.69) is 52.4 Å². The van der Waals surface area contributed by atoms with Gasteiger partial charge in [-0.05, 0) is 43.5 Å². The first-order chi connectivity index (χ1) is 12.8. The summed E-state index contributed by atoms with van der Waals surface area (Å²) in [5.41, 5.74) is 5.05. The van der Waals surface area contributed by atoms with E-state index in [1.54, 1.807) is 12.1 Å². The number of halogens is 1. The van der Waals surface area contributed by atoms with Crippen LogP contribution in [0, 0.1) is 13.8 Å². The molecule has 0 unspecified atom stereocenters. The molecule has 28 heavy (non-hydrogen) atoms. The Kier molecular flexibility index (Phi) is 9.74. The SMILES string of the molecule is CCNC(=NCc1ccccc1NS(C)(=O)=O)NCc1ccc(C)cc1C.I. The number of sulfonamides is 1. The van der Waals surface area contributed by atoms with Gasteiger partial charge in [-0.1, -0.05) is 42.0 Å². The zero-order valence-electron chi connectivity index (χ0n) is 16.7. The van der Waals surface area contributed by atoms with Crippen LogP contribution in [0.1, 0.15) is 29.2 Å². The van der Waals surface area contributed by atoms with Crippen LogP contribution in [0.25, 0.3) is 0 Å². The number of aryl methyl sites for hydroxylation is 2. The number of para-hydroxylation sites is 1. The number of guanidine groups is 1. The molecule has 0 aliphatic rings. The second-order valence-corrected chi connectivity index (χ2v) is 8.26. The Labute approximate surface area is 185 Å². The van der Waals surface area contributed by atoms with Crippen LogP contribution in [0.3, 0.4) is 0 Å². The van der Waals surface area contributed by atoms with Crippen LogP contribution >= 0.6 is 24.0 Å². The first-order valence-electron chi connectivity index (χ1n) is 8.92. The van der Waals surface area contributed by atoms with E-state index >= 15 is 0 Å². The van der Waals surface area contributed by atoms with E-state index in [9.17, 15) is 8.42 Å². The van der Waals surface area contributed by atoms with Crippen molar-refractivity contribution in [3.8, 4) is 0 Å². The van der Waals surface area contributed by atoms with Gasteiger partial charge < -0.3 is 10.6 Å². The summed E-state index contributed by atoms with van der Waals surface area (Å²) in [5.74, 6) is 0.687. The van der Waals surface area contributed by atoms with Crippen molar-refractivity contribution in [1.82, 2.24) is 10.6 Å². The van der Waals surface area contributed by atoms with Gasteiger partial charge in [0.05, 0.1) is 18.5 Å². The van der Waals surface area contributed by atoms with Crippen molar-refractivity contribution in [2.24, 2.45) is 4.99 Å². The third-order valence-corrected chi connectivity index (χ3v) is 4.60. The lowest BCUT2D eigenvalue weighted by Gasteiger charge is -2.14. The summed E-state index contributed by atoms with van der Waals surface area (Å²) in [5, 5.41) is 6.56. The standard InChI is InChI=1S/C20H28N4O2S.HI/c1-5-21-20(22-13-17-11-10-15(2)12-16(17)3)23-14-18-8-6-7-9-19(18)24-27(4,25)26;/h6-12,24H,5,13-14H2,1-4H3,(H2,21,22,23);1H. The van der Waals surface area contributed by atoms with Crippen LogP contribution < -0.4 is 15.4 Å². The van der Waals surface area contributed by atoms with Gasteiger partial charge in [0.25, 0.3) is 0 Å². The molecule has 0 fully saturated rings. The van der Waals surface area contributed by atoms with Crippen LogP contribution in [-0.2, 0) is 23.1 Å². The second kappa shape index (κ2) is 11.3. The molecule has 0 aliphatic heterocycles. The summed E-state index contributed by atoms with van der Waals surface area (Å²) < 4.78 is 25.6. The number of nitrogens with zero attached hydrogens (tertiary/aromatic N) is 1. The Morgan fingerprint density at radius 1 is 1.04 bits per heavy atom. The van der Waals surface area contributed by atoms with Crippen LogP contribution in [0.15, 0.2) is 47.5 Å². The van der Waals surface area contributed by atoms with Gasteiger partial charge in [-0.3, -0.25) is 4.72 Å². The maximum Gasteiger partial charge on any atom is 0.229 e. The predicted molar refractivity (Wildman–Crippen MR) is 128 cm³/mol. The Morgan fingerprint density at radius 2 is 1.75 bits per heavy atom. The van der Waals surface area contributed by atoms with Crippen molar-refractivity contribution in [3.05, 3.63) is 64.7 Å². The monoisotopic (exact) mass is 516 g/mol. The molecule has 2 aromatic rings. The quantitative estimate of drug-likeness (QED) is 0.299. The highest BCUT2D eigenvalue weighted by Gasteiger charge is 2.07. The van der Waals surface area contributed by atoms with Crippen molar-refractivity contribution in [1.29, 1.82) is 0 Å². The number of hydrogen-bond donors (Lipinski definition) is 3. The lowest BCUT2D eigenvalue weighted by atomic mass is 10.1. The fraction of sp³-hybridized carbons (Fsp3) is 0.350. The molecule has 2 rings (SSSR count). The molecular formula is C20H29IN4O2S. The first-order valence-corrected chi connectivity index (χ1v) is 10.8. The van der Waals surface area contributed by atoms with Crippen molar-refractivity contribution in [2.75, 3.05) is 17.5 Å². The van der Waals surface area contributed by atoms with E-state index in [0.29, 0.717) is 24.7 Å². The molecule has 0 bridgehead atoms. The third kappa shape index (κ3) is 8.05. The summed E-state index contributed by atoms with van der Waals surface area (Å²) in [4.78, 5) is 4.60. The first kappa shape index (κ1) is 24.2. The number of aliphatic imine (C=N–C) groups is 1. The fourth-order valence-electron chi connectivity index (χ4n) is 2.69. The molecule has 0 aromatic heterocycles. The van der Waals surface area contributed by atoms with Gasteiger partial charge in [-0.2, -0.15) is 0 Å². The van der Waals surface area contributed by atoms with Gasteiger partial charge in [-0.25, -0.2) is 13.4 Å². The molecular weight excluding hydrogens is 487 g/mol. The fourth-order valence-corrected chi connectivity index (χ4v) is 3.29. The van der Waals surface area contributed by atoms with Gasteiger partial charge in [0.1, 0.15) is 0 Å². The smallest absolute Gasteiger partial charge is 0.229 e. The summed E-state index contributed by atoms with van der Waals surface area (Å²) in [6.07, 6.45) is 1.14. The molecule has 0 atom stereocenters. The maximum absolute atomic E-state index is 11.5. The number of anilines is 1. The molecule has 0 heterocycles. The van der Waals surface area contributed by atoms with Gasteiger partial charge in [0, 0.05) is 13.1 Å². The largest absolute Gasteiger partial charge is 0.357 e. The van der Waals surface area contributed by atoms with E-state index in [4.69, 9.17) is 0 Å². The average Bonchev–Trinajstić information content (AvgIpc) is 2.58. The summed E-state index contributed by atoms with van der Waals surface area (Å²) in [6.45, 7) is 7.95. The minimum absolute atomic E-state index is 0. The Balaban J connectivity index is 0.00000392. The molecule has 0 spiro atoms. The molecule has 0 saturated heterocycles. The summed E-state index contributed by atoms with van der Waals surface area (Å²) in [7, 11) is -3.33. The maximum atomic E-state index is 11.5. The lowest BCUT2D eigenvalue weighted by Crippen LogP contribution is -2.37. The Morgan fingerprint density at radius 3 is 2.39 bits per heavy atom. The van der Waals surface area contributed by atoms with E-state index in [-0.39, 0.29) is 24.0 Å². The number of nitrogens with one attached hydrogen (secondary N) is 3. The molecule has 0 aliphatic carbocycles. The number of benzene rings is 2. The van der Waals surface area contributed by atoms with Gasteiger partial charge in [-0.15, -0.1) is 24.0 Å². The minimum atomic E-state index is -3.33. The topological polar surface area (TPSA) is 82.6 Å². The molecule has 3 N–H and O–H groups in total. The highest BCUT2D eigenvalue weighted by Crippen LogP contribution is 2.17. The highest BCUT2D eigenvalue weighted by molar-refractivity contribution is 14.0. The van der Waals surface area contributed by atoms with E-state index < -0.39 is 10.0 Å². The molecule has 8 heteroatoms. The Bertz CT molecular complexity index is 914. The molecule has 0 saturated carbocycles. The summed E-state index contributed by atoms with van der Waals surface area (Å²) >= 11 is 0. The van der Waals surface area contributed by atoms with Crippen LogP contribution in [0.5, 0.6) is 0 Å². The van der Waals surface area contributed by atoms with Crippen molar-refractivity contribution >= 4 is 45.6 Å². The minimum Gasteiger partial charge on any atom is -0.357 e. The summed E-state index contributed by atoms with van der Waals surface area (Å²) in [6, 6.07) is 13.6. The zero-order chi connectivity index (χ0) is 19.9. The van der Waals surface area contributed by atoms with Gasteiger partial charge in [0.2, 0.25) is 10.0 Å². The van der Waals surface area contributed by atoms with Crippen LogP contribution in [-0.4, -0.2) is 27.2 Å². The average molecular weight is 516 g/mol. The molecule has 0 radical (unpaired) electrons. The third-order valence-electron chi connectivity index (χ3n) is 4.01. The molecule has 6 nitrogen and oxygen atoms in total. The predicted octanol–water partition coefficient (Wildman–Crippen LogP) is 3.55. The number of rotatable bonds is 7. The zero-order valence-corrected chi connectivity index (χ0v) is 19.9. The van der Waals surface area contributed by atoms with Crippen LogP contribution in [0.2, 0.25) is 0 Å². The second-order valence-electron chi connectivity index (χ2n) is 6.51. The molecule has 2 aromatic carbocycles. The highest BCUT2D eigenvalue weighted by atomic mass is 127. The normalized spacial score (nSPS) is 11.5. The van der Waals surface area contributed by atoms with Gasteiger partial charge in [0.15, 0.2) is 5.96 Å². The van der Waals surface area contributed by atoms with Gasteiger partial charge >= 0.3 is 0 Å². The molecule has 154 valence electrons.